The van der Waals surface area contributed by atoms with Gasteiger partial charge in [-0.15, -0.1) is 0 Å². The first-order chi connectivity index (χ1) is 9.58. The number of halogens is 1. The van der Waals surface area contributed by atoms with Crippen LogP contribution in [0.4, 0.5) is 11.4 Å². The van der Waals surface area contributed by atoms with Gasteiger partial charge < -0.3 is 9.73 Å². The number of hydrogen-bond donors (Lipinski definition) is 1. The molecule has 2 rings (SSSR count). The smallest absolute Gasteiger partial charge is 0.294 e. The highest BCUT2D eigenvalue weighted by Crippen LogP contribution is 2.27. The SMILES string of the molecule is O=C(/C=C/Nc1ccc(Cl)cc1[N+](=O)[O-])c1ccco1. The maximum absolute atomic E-state index is 11.6. The first kappa shape index (κ1) is 13.8. The van der Waals surface area contributed by atoms with E-state index in [0.29, 0.717) is 0 Å². The zero-order valence-corrected chi connectivity index (χ0v) is 10.8. The molecule has 1 heterocycles. The van der Waals surface area contributed by atoms with Gasteiger partial charge in [-0.05, 0) is 24.3 Å². The van der Waals surface area contributed by atoms with Crippen molar-refractivity contribution in [3.63, 3.8) is 0 Å². The molecule has 0 amide bonds. The average Bonchev–Trinajstić information content (AvgIpc) is 2.94. The van der Waals surface area contributed by atoms with Crippen molar-refractivity contribution >= 4 is 28.8 Å². The van der Waals surface area contributed by atoms with Gasteiger partial charge in [0, 0.05) is 23.4 Å². The summed E-state index contributed by atoms with van der Waals surface area (Å²) < 4.78 is 4.92. The van der Waals surface area contributed by atoms with Gasteiger partial charge in [0.1, 0.15) is 5.69 Å². The van der Waals surface area contributed by atoms with Crippen LogP contribution in [0.5, 0.6) is 0 Å². The highest BCUT2D eigenvalue weighted by molar-refractivity contribution is 6.30. The van der Waals surface area contributed by atoms with Crippen LogP contribution < -0.4 is 5.32 Å². The number of nitro benzene ring substituents is 1. The van der Waals surface area contributed by atoms with Crippen LogP contribution >= 0.6 is 11.6 Å². The van der Waals surface area contributed by atoms with Gasteiger partial charge in [-0.3, -0.25) is 14.9 Å². The molecule has 0 saturated heterocycles. The van der Waals surface area contributed by atoms with E-state index >= 15 is 0 Å². The summed E-state index contributed by atoms with van der Waals surface area (Å²) in [5, 5.41) is 13.8. The van der Waals surface area contributed by atoms with Gasteiger partial charge in [-0.1, -0.05) is 11.6 Å². The van der Waals surface area contributed by atoms with E-state index in [0.717, 1.165) is 0 Å². The Hall–Kier alpha value is -2.60. The molecular formula is C13H9ClN2O4. The normalized spacial score (nSPS) is 10.7. The molecule has 0 spiro atoms. The van der Waals surface area contributed by atoms with Crippen LogP contribution in [-0.4, -0.2) is 10.7 Å². The van der Waals surface area contributed by atoms with Crippen molar-refractivity contribution in [2.75, 3.05) is 5.32 Å². The van der Waals surface area contributed by atoms with Gasteiger partial charge in [-0.25, -0.2) is 0 Å². The van der Waals surface area contributed by atoms with Crippen LogP contribution in [0.2, 0.25) is 5.02 Å². The van der Waals surface area contributed by atoms with Crippen LogP contribution in [-0.2, 0) is 0 Å². The fourth-order valence-corrected chi connectivity index (χ4v) is 1.65. The second-order valence-corrected chi connectivity index (χ2v) is 4.17. The number of ketones is 1. The molecule has 1 aromatic carbocycles. The number of nitrogens with one attached hydrogen (secondary N) is 1. The minimum Gasteiger partial charge on any atom is -0.461 e. The maximum Gasteiger partial charge on any atom is 0.294 e. The number of furan rings is 1. The fraction of sp³-hybridized carbons (Fsp3) is 0. The molecule has 0 bridgehead atoms. The highest BCUT2D eigenvalue weighted by atomic mass is 35.5. The van der Waals surface area contributed by atoms with E-state index in [1.54, 1.807) is 6.07 Å². The molecule has 0 fully saturated rings. The lowest BCUT2D eigenvalue weighted by Gasteiger charge is -2.02. The largest absolute Gasteiger partial charge is 0.461 e. The number of carbonyl (C=O) groups is 1. The predicted octanol–water partition coefficient (Wildman–Crippen LogP) is 3.65. The first-order valence-electron chi connectivity index (χ1n) is 5.53. The van der Waals surface area contributed by atoms with E-state index in [1.807, 2.05) is 0 Å². The monoisotopic (exact) mass is 292 g/mol. The second-order valence-electron chi connectivity index (χ2n) is 3.74. The number of benzene rings is 1. The number of rotatable bonds is 5. The third kappa shape index (κ3) is 3.24. The number of hydrogen-bond acceptors (Lipinski definition) is 5. The topological polar surface area (TPSA) is 85.4 Å². The van der Waals surface area contributed by atoms with Crippen molar-refractivity contribution in [2.24, 2.45) is 0 Å². The molecule has 102 valence electrons. The van der Waals surface area contributed by atoms with Crippen LogP contribution in [0.1, 0.15) is 10.6 Å². The summed E-state index contributed by atoms with van der Waals surface area (Å²) >= 11 is 5.70. The van der Waals surface area contributed by atoms with E-state index in [9.17, 15) is 14.9 Å². The maximum atomic E-state index is 11.6. The number of nitrogens with zero attached hydrogens (tertiary/aromatic N) is 1. The molecule has 0 atom stereocenters. The lowest BCUT2D eigenvalue weighted by Crippen LogP contribution is -1.97. The lowest BCUT2D eigenvalue weighted by molar-refractivity contribution is -0.383. The van der Waals surface area contributed by atoms with E-state index < -0.39 is 4.92 Å². The zero-order chi connectivity index (χ0) is 14.5. The van der Waals surface area contributed by atoms with Crippen molar-refractivity contribution < 1.29 is 14.1 Å². The van der Waals surface area contributed by atoms with Crippen LogP contribution in [0.25, 0.3) is 0 Å². The second kappa shape index (κ2) is 6.03. The summed E-state index contributed by atoms with van der Waals surface area (Å²) in [6.45, 7) is 0. The molecule has 1 aromatic heterocycles. The third-order valence-electron chi connectivity index (χ3n) is 2.39. The molecule has 0 saturated carbocycles. The van der Waals surface area contributed by atoms with Crippen molar-refractivity contribution in [1.29, 1.82) is 0 Å². The van der Waals surface area contributed by atoms with Crippen molar-refractivity contribution in [3.05, 3.63) is 69.8 Å². The van der Waals surface area contributed by atoms with Crippen molar-refractivity contribution in [1.82, 2.24) is 0 Å². The minimum absolute atomic E-state index is 0.174. The van der Waals surface area contributed by atoms with Gasteiger partial charge in [0.05, 0.1) is 11.2 Å². The third-order valence-corrected chi connectivity index (χ3v) is 2.63. The Morgan fingerprint density at radius 3 is 2.85 bits per heavy atom. The van der Waals surface area contributed by atoms with E-state index in [2.05, 4.69) is 5.32 Å². The summed E-state index contributed by atoms with van der Waals surface area (Å²) in [5.74, 6) is -0.159. The van der Waals surface area contributed by atoms with Crippen LogP contribution in [0.15, 0.2) is 53.3 Å². The molecule has 2 aromatic rings. The molecule has 0 aliphatic heterocycles. The fourth-order valence-electron chi connectivity index (χ4n) is 1.49. The van der Waals surface area contributed by atoms with Crippen molar-refractivity contribution in [3.8, 4) is 0 Å². The Labute approximate surface area is 118 Å². The Kier molecular flexibility index (Phi) is 4.17. The summed E-state index contributed by atoms with van der Waals surface area (Å²) in [5.41, 5.74) is 0.0653. The van der Waals surface area contributed by atoms with Gasteiger partial charge in [0.2, 0.25) is 5.78 Å². The first-order valence-corrected chi connectivity index (χ1v) is 5.90. The Bertz CT molecular complexity index is 665. The molecule has 0 aliphatic rings. The van der Waals surface area contributed by atoms with E-state index in [4.69, 9.17) is 16.0 Å². The summed E-state index contributed by atoms with van der Waals surface area (Å²) in [4.78, 5) is 21.9. The Balaban J connectivity index is 2.11. The van der Waals surface area contributed by atoms with Crippen molar-refractivity contribution in [2.45, 2.75) is 0 Å². The summed E-state index contributed by atoms with van der Waals surface area (Å²) in [6, 6.07) is 7.32. The molecule has 0 radical (unpaired) electrons. The van der Waals surface area contributed by atoms with Gasteiger partial charge in [0.25, 0.3) is 5.69 Å². The minimum atomic E-state index is -0.559. The molecule has 6 nitrogen and oxygen atoms in total. The lowest BCUT2D eigenvalue weighted by atomic mass is 10.2. The number of anilines is 1. The molecule has 0 aliphatic carbocycles. The molecule has 1 N–H and O–H groups in total. The molecule has 20 heavy (non-hydrogen) atoms. The Morgan fingerprint density at radius 1 is 1.40 bits per heavy atom. The molecule has 7 heteroatoms. The highest BCUT2D eigenvalue weighted by Gasteiger charge is 2.13. The number of allylic oxidation sites excluding steroid dienone is 1. The molecular weight excluding hydrogens is 284 g/mol. The Morgan fingerprint density at radius 2 is 2.20 bits per heavy atom. The van der Waals surface area contributed by atoms with Crippen LogP contribution in [0, 0.1) is 10.1 Å². The zero-order valence-electron chi connectivity index (χ0n) is 10.1. The summed E-state index contributed by atoms with van der Waals surface area (Å²) in [6.07, 6.45) is 3.91. The van der Waals surface area contributed by atoms with Gasteiger partial charge >= 0.3 is 0 Å². The van der Waals surface area contributed by atoms with Gasteiger partial charge in [-0.2, -0.15) is 0 Å². The van der Waals surface area contributed by atoms with E-state index in [-0.39, 0.29) is 27.9 Å². The summed E-state index contributed by atoms with van der Waals surface area (Å²) in [7, 11) is 0. The average molecular weight is 293 g/mol. The van der Waals surface area contributed by atoms with Gasteiger partial charge in [0.15, 0.2) is 5.76 Å². The van der Waals surface area contributed by atoms with Crippen LogP contribution in [0.3, 0.4) is 0 Å². The van der Waals surface area contributed by atoms with E-state index in [1.165, 1.54) is 42.8 Å². The number of nitro groups is 1. The number of carbonyl (C=O) groups excluding carboxylic acids is 1. The predicted molar refractivity (Wildman–Crippen MR) is 73.9 cm³/mol. The standard InChI is InChI=1S/C13H9ClN2O4/c14-9-3-4-10(11(8-9)16(18)19)15-6-5-12(17)13-2-1-7-20-13/h1-8,15H/b6-5+. The molecule has 0 unspecified atom stereocenters. The quantitative estimate of drug-likeness (QED) is 0.393.